The number of benzene rings is 1. The molecular weight excluding hydrogens is 507 g/mol. The molecule has 12 heteroatoms. The zero-order chi connectivity index (χ0) is 26.4. The number of ether oxygens (including phenoxy) is 2. The number of hydrazone groups is 1. The molecular formula is C25H24F3N5O3S. The topological polar surface area (TPSA) is 97.7 Å². The van der Waals surface area contributed by atoms with Gasteiger partial charge in [-0.25, -0.2) is 9.97 Å². The molecule has 0 aliphatic carbocycles. The number of nitrogens with one attached hydrogen (secondary N) is 2. The number of amides is 1. The van der Waals surface area contributed by atoms with Gasteiger partial charge in [0.05, 0.1) is 17.0 Å². The van der Waals surface area contributed by atoms with Gasteiger partial charge in [-0.1, -0.05) is 37.7 Å². The number of carbonyl (C=O) groups is 1. The summed E-state index contributed by atoms with van der Waals surface area (Å²) in [6.07, 6.45) is -4.77. The molecule has 1 atom stereocenters. The monoisotopic (exact) mass is 531 g/mol. The maximum Gasteiger partial charge on any atom is 0.573 e. The molecule has 0 unspecified atom stereocenters. The number of thioether (sulfide) groups is 1. The average molecular weight is 532 g/mol. The standard InChI is InChI=1S/C25H22F3N5O3S.H2/c1-13-4-9-16-19(24(2,3)22(34)32-23-33-29-12-37-23)17-10-11-18(31-21(17)35-20(16)30-13)14-5-7-15(8-6-14)36-25(26,27)28;/h4-11,19,29H,12H2,1-3H3,(H,32,33,34);1H/t19-;/m0./s1. The molecule has 2 aliphatic rings. The minimum Gasteiger partial charge on any atom is -0.420 e. The van der Waals surface area contributed by atoms with Crippen LogP contribution in [0.2, 0.25) is 0 Å². The van der Waals surface area contributed by atoms with E-state index in [0.717, 1.165) is 11.3 Å². The molecule has 1 aromatic carbocycles. The van der Waals surface area contributed by atoms with Gasteiger partial charge in [0.25, 0.3) is 0 Å². The number of hydrogen-bond acceptors (Lipinski definition) is 8. The Bertz CT molecular complexity index is 1400. The lowest BCUT2D eigenvalue weighted by molar-refractivity contribution is -0.274. The summed E-state index contributed by atoms with van der Waals surface area (Å²) < 4.78 is 47.6. The molecule has 0 fully saturated rings. The minimum atomic E-state index is -4.77. The van der Waals surface area contributed by atoms with Crippen LogP contribution in [0.3, 0.4) is 0 Å². The number of alkyl halides is 3. The Hall–Kier alpha value is -3.80. The van der Waals surface area contributed by atoms with E-state index in [1.54, 1.807) is 6.07 Å². The summed E-state index contributed by atoms with van der Waals surface area (Å²) in [6.45, 7) is 5.52. The summed E-state index contributed by atoms with van der Waals surface area (Å²) in [5, 5.41) is 7.47. The van der Waals surface area contributed by atoms with Gasteiger partial charge in [0.15, 0.2) is 5.17 Å². The van der Waals surface area contributed by atoms with Crippen LogP contribution in [0, 0.1) is 12.3 Å². The van der Waals surface area contributed by atoms with Crippen molar-refractivity contribution in [3.63, 3.8) is 0 Å². The van der Waals surface area contributed by atoms with Crippen LogP contribution in [0.5, 0.6) is 17.5 Å². The molecule has 0 radical (unpaired) electrons. The number of pyridine rings is 2. The third kappa shape index (κ3) is 5.06. The number of aryl methyl sites for hydroxylation is 1. The predicted octanol–water partition coefficient (Wildman–Crippen LogP) is 5.54. The van der Waals surface area contributed by atoms with Crippen LogP contribution in [-0.4, -0.2) is 33.3 Å². The lowest BCUT2D eigenvalue weighted by atomic mass is 9.70. The van der Waals surface area contributed by atoms with Crippen molar-refractivity contribution in [3.05, 3.63) is 65.4 Å². The van der Waals surface area contributed by atoms with E-state index in [-0.39, 0.29) is 19.0 Å². The van der Waals surface area contributed by atoms with Gasteiger partial charge in [0, 0.05) is 29.7 Å². The molecule has 3 aromatic rings. The van der Waals surface area contributed by atoms with Gasteiger partial charge >= 0.3 is 6.36 Å². The van der Waals surface area contributed by atoms with Gasteiger partial charge in [0.2, 0.25) is 17.7 Å². The van der Waals surface area contributed by atoms with E-state index in [0.29, 0.717) is 33.7 Å². The quantitative estimate of drug-likeness (QED) is 0.456. The van der Waals surface area contributed by atoms with Crippen molar-refractivity contribution in [2.24, 2.45) is 10.5 Å². The Morgan fingerprint density at radius 3 is 2.41 bits per heavy atom. The molecule has 0 bridgehead atoms. The maximum atomic E-state index is 13.4. The Kier molecular flexibility index (Phi) is 6.22. The fourth-order valence-electron chi connectivity index (χ4n) is 4.31. The highest BCUT2D eigenvalue weighted by atomic mass is 32.2. The van der Waals surface area contributed by atoms with Crippen LogP contribution in [0.15, 0.2) is 53.6 Å². The van der Waals surface area contributed by atoms with Gasteiger partial charge in [-0.2, -0.15) is 5.10 Å². The predicted molar refractivity (Wildman–Crippen MR) is 134 cm³/mol. The second-order valence-electron chi connectivity index (χ2n) is 9.08. The van der Waals surface area contributed by atoms with E-state index in [9.17, 15) is 18.0 Å². The van der Waals surface area contributed by atoms with Crippen molar-refractivity contribution in [2.75, 3.05) is 5.88 Å². The first-order chi connectivity index (χ1) is 17.5. The molecule has 1 amide bonds. The fraction of sp³-hybridized carbons (Fsp3) is 0.280. The van der Waals surface area contributed by atoms with Crippen LogP contribution in [-0.2, 0) is 4.79 Å². The maximum absolute atomic E-state index is 13.4. The van der Waals surface area contributed by atoms with Gasteiger partial charge in [0.1, 0.15) is 5.75 Å². The van der Waals surface area contributed by atoms with E-state index in [4.69, 9.17) is 4.74 Å². The highest BCUT2D eigenvalue weighted by Crippen LogP contribution is 2.51. The van der Waals surface area contributed by atoms with Crippen LogP contribution < -0.4 is 20.2 Å². The van der Waals surface area contributed by atoms with Crippen molar-refractivity contribution in [1.82, 2.24) is 20.7 Å². The number of rotatable bonds is 4. The minimum absolute atomic E-state index is 0. The molecule has 0 saturated carbocycles. The molecule has 0 saturated heterocycles. The molecule has 37 heavy (non-hydrogen) atoms. The van der Waals surface area contributed by atoms with Crippen LogP contribution in [0.4, 0.5) is 13.2 Å². The third-order valence-corrected chi connectivity index (χ3v) is 6.84. The van der Waals surface area contributed by atoms with Crippen LogP contribution in [0.1, 0.15) is 38.0 Å². The van der Waals surface area contributed by atoms with Gasteiger partial charge in [-0.3, -0.25) is 10.2 Å². The summed E-state index contributed by atoms with van der Waals surface area (Å²) in [5.41, 5.74) is 5.10. The van der Waals surface area contributed by atoms with E-state index >= 15 is 0 Å². The van der Waals surface area contributed by atoms with Crippen molar-refractivity contribution < 1.29 is 28.9 Å². The summed E-state index contributed by atoms with van der Waals surface area (Å²) in [7, 11) is 0. The summed E-state index contributed by atoms with van der Waals surface area (Å²) >= 11 is 1.40. The Morgan fingerprint density at radius 2 is 1.76 bits per heavy atom. The van der Waals surface area contributed by atoms with Gasteiger partial charge in [-0.15, -0.1) is 13.2 Å². The number of fused-ring (bicyclic) bond motifs is 2. The smallest absolute Gasteiger partial charge is 0.420 e. The number of nitrogens with zero attached hydrogens (tertiary/aromatic N) is 3. The molecule has 194 valence electrons. The zero-order valence-corrected chi connectivity index (χ0v) is 20.8. The van der Waals surface area contributed by atoms with E-state index in [1.165, 1.54) is 36.0 Å². The average Bonchev–Trinajstić information content (AvgIpc) is 3.34. The van der Waals surface area contributed by atoms with Crippen molar-refractivity contribution in [1.29, 1.82) is 0 Å². The van der Waals surface area contributed by atoms with Crippen LogP contribution in [0.25, 0.3) is 11.3 Å². The normalized spacial score (nSPS) is 16.6. The molecule has 5 rings (SSSR count). The summed E-state index contributed by atoms with van der Waals surface area (Å²) in [6, 6.07) is 12.7. The van der Waals surface area contributed by atoms with Crippen molar-refractivity contribution in [3.8, 4) is 28.8 Å². The first-order valence-electron chi connectivity index (χ1n) is 11.3. The number of hydrogen-bond donors (Lipinski definition) is 2. The molecule has 2 N–H and O–H groups in total. The molecule has 8 nitrogen and oxygen atoms in total. The van der Waals surface area contributed by atoms with Gasteiger partial charge < -0.3 is 14.8 Å². The Balaban J connectivity index is 0.00000336. The number of carbonyl (C=O) groups excluding carboxylic acids is 1. The third-order valence-electron chi connectivity index (χ3n) is 6.10. The zero-order valence-electron chi connectivity index (χ0n) is 20.0. The molecule has 0 spiro atoms. The lowest BCUT2D eigenvalue weighted by Crippen LogP contribution is -2.43. The summed E-state index contributed by atoms with van der Waals surface area (Å²) in [5.74, 6) is 0.217. The SMILES string of the molecule is Cc1ccc2c(n1)Oc1nc(-c3ccc(OC(F)(F)F)cc3)ccc1[C@H]2C(C)(C)C(=O)NC1=NNCS1.[HH]. The van der Waals surface area contributed by atoms with Gasteiger partial charge in [-0.05, 0) is 43.3 Å². The molecule has 2 aromatic heterocycles. The summed E-state index contributed by atoms with van der Waals surface area (Å²) in [4.78, 5) is 22.6. The number of aromatic nitrogens is 2. The van der Waals surface area contributed by atoms with E-state index < -0.39 is 17.7 Å². The first kappa shape index (κ1) is 24.9. The van der Waals surface area contributed by atoms with Crippen molar-refractivity contribution in [2.45, 2.75) is 33.1 Å². The Morgan fingerprint density at radius 1 is 1.08 bits per heavy atom. The fourth-order valence-corrected chi connectivity index (χ4v) is 4.87. The largest absolute Gasteiger partial charge is 0.573 e. The van der Waals surface area contributed by atoms with Crippen molar-refractivity contribution >= 4 is 22.8 Å². The highest BCUT2D eigenvalue weighted by Gasteiger charge is 2.45. The number of amidine groups is 1. The highest BCUT2D eigenvalue weighted by molar-refractivity contribution is 8.14. The van der Waals surface area contributed by atoms with E-state index in [2.05, 4.69) is 30.5 Å². The first-order valence-corrected chi connectivity index (χ1v) is 12.3. The lowest BCUT2D eigenvalue weighted by Gasteiger charge is -2.37. The number of halogens is 3. The molecule has 2 aliphatic heterocycles. The Labute approximate surface area is 216 Å². The van der Waals surface area contributed by atoms with Crippen LogP contribution >= 0.6 is 11.8 Å². The second kappa shape index (κ2) is 9.25. The molecule has 4 heterocycles. The van der Waals surface area contributed by atoms with E-state index in [1.807, 2.05) is 39.0 Å². The second-order valence-corrected chi connectivity index (χ2v) is 10.0.